The molecule has 2 heterocycles. The number of likely N-dealkylation sites (N-methyl/N-ethyl adjacent to an activating group) is 1. The van der Waals surface area contributed by atoms with E-state index in [1.54, 1.807) is 19.3 Å². The Morgan fingerprint density at radius 3 is 2.68 bits per heavy atom. The Kier molecular flexibility index (Phi) is 4.23. The van der Waals surface area contributed by atoms with Gasteiger partial charge < -0.3 is 19.5 Å². The maximum absolute atomic E-state index is 12.6. The van der Waals surface area contributed by atoms with Crippen molar-refractivity contribution in [2.24, 2.45) is 5.92 Å². The number of benzene rings is 1. The zero-order valence-electron chi connectivity index (χ0n) is 15.3. The van der Waals surface area contributed by atoms with Gasteiger partial charge in [-0.2, -0.15) is 8.42 Å². The molecule has 1 spiro atoms. The highest BCUT2D eigenvalue weighted by atomic mass is 32.3. The Balaban J connectivity index is 0.000000346. The van der Waals surface area contributed by atoms with E-state index in [-0.39, 0.29) is 28.9 Å². The first-order valence-electron chi connectivity index (χ1n) is 8.80. The molecule has 1 saturated heterocycles. The molecular formula is C18H21NO8S. The van der Waals surface area contributed by atoms with Crippen molar-refractivity contribution in [1.29, 1.82) is 0 Å². The number of hydrogen-bond donors (Lipinski definition) is 3. The fourth-order valence-corrected chi connectivity index (χ4v) is 5.29. The molecule has 2 bridgehead atoms. The van der Waals surface area contributed by atoms with Crippen LogP contribution in [-0.2, 0) is 27.0 Å². The molecule has 0 unspecified atom stereocenters. The van der Waals surface area contributed by atoms with Gasteiger partial charge in [-0.15, -0.1) is 0 Å². The summed E-state index contributed by atoms with van der Waals surface area (Å²) < 4.78 is 43.2. The summed E-state index contributed by atoms with van der Waals surface area (Å²) in [6.07, 6.45) is 4.90. The van der Waals surface area contributed by atoms with E-state index < -0.39 is 16.5 Å². The quantitative estimate of drug-likeness (QED) is 0.573. The molecular weight excluding hydrogens is 390 g/mol. The fraction of sp³-hybridized carbons (Fsp3) is 0.500. The third kappa shape index (κ3) is 2.63. The first-order valence-corrected chi connectivity index (χ1v) is 10.2. The predicted molar refractivity (Wildman–Crippen MR) is 97.3 cm³/mol. The summed E-state index contributed by atoms with van der Waals surface area (Å²) in [6, 6.07) is 1.91. The van der Waals surface area contributed by atoms with Crippen LogP contribution in [0.4, 0.5) is 0 Å². The molecule has 9 nitrogen and oxygen atoms in total. The van der Waals surface area contributed by atoms with Crippen molar-refractivity contribution in [3.05, 3.63) is 29.3 Å². The molecule has 0 amide bonds. The van der Waals surface area contributed by atoms with E-state index in [4.69, 9.17) is 27.0 Å². The van der Waals surface area contributed by atoms with E-state index in [1.165, 1.54) is 0 Å². The van der Waals surface area contributed by atoms with Gasteiger partial charge in [-0.3, -0.25) is 13.9 Å². The number of likely N-dealkylation sites (tertiary alicyclic amines) is 1. The summed E-state index contributed by atoms with van der Waals surface area (Å²) in [5.74, 6) is 1.70. The summed E-state index contributed by atoms with van der Waals surface area (Å²) in [7, 11) is -0.975. The zero-order chi connectivity index (χ0) is 20.4. The second kappa shape index (κ2) is 6.18. The van der Waals surface area contributed by atoms with Crippen molar-refractivity contribution in [2.45, 2.75) is 30.4 Å². The molecule has 0 radical (unpaired) electrons. The number of carbonyl (C=O) groups is 1. The smallest absolute Gasteiger partial charge is 0.394 e. The minimum atomic E-state index is -4.67. The second-order valence-electron chi connectivity index (χ2n) is 7.56. The van der Waals surface area contributed by atoms with Crippen LogP contribution in [-0.4, -0.2) is 66.2 Å². The summed E-state index contributed by atoms with van der Waals surface area (Å²) >= 11 is 0. The van der Waals surface area contributed by atoms with E-state index in [0.717, 1.165) is 30.5 Å². The highest BCUT2D eigenvalue weighted by molar-refractivity contribution is 7.79. The monoisotopic (exact) mass is 411 g/mol. The van der Waals surface area contributed by atoms with Gasteiger partial charge in [-0.1, -0.05) is 6.08 Å². The van der Waals surface area contributed by atoms with Gasteiger partial charge in [-0.25, -0.2) is 0 Å². The minimum Gasteiger partial charge on any atom is -0.508 e. The molecule has 10 heteroatoms. The lowest BCUT2D eigenvalue weighted by molar-refractivity contribution is -0.127. The molecule has 1 fully saturated rings. The van der Waals surface area contributed by atoms with Crippen LogP contribution in [0, 0.1) is 5.92 Å². The topological polar surface area (TPSA) is 134 Å². The van der Waals surface area contributed by atoms with Crippen molar-refractivity contribution in [2.75, 3.05) is 20.7 Å². The van der Waals surface area contributed by atoms with Gasteiger partial charge in [0.1, 0.15) is 5.75 Å². The molecule has 152 valence electrons. The molecule has 2 aliphatic carbocycles. The number of ether oxygens (including phenoxy) is 2. The molecule has 5 rings (SSSR count). The van der Waals surface area contributed by atoms with Crippen LogP contribution in [0.3, 0.4) is 0 Å². The minimum absolute atomic E-state index is 0.0233. The number of rotatable bonds is 1. The predicted octanol–water partition coefficient (Wildman–Crippen LogP) is 0.762. The third-order valence-electron chi connectivity index (χ3n) is 6.31. The highest BCUT2D eigenvalue weighted by Crippen LogP contribution is 2.63. The van der Waals surface area contributed by atoms with Crippen LogP contribution in [0.15, 0.2) is 18.2 Å². The van der Waals surface area contributed by atoms with Crippen LogP contribution in [0.5, 0.6) is 17.2 Å². The van der Waals surface area contributed by atoms with E-state index in [2.05, 4.69) is 18.0 Å². The molecule has 2 aliphatic heterocycles. The Morgan fingerprint density at radius 2 is 2.04 bits per heavy atom. The first-order chi connectivity index (χ1) is 13.1. The van der Waals surface area contributed by atoms with E-state index in [0.29, 0.717) is 11.5 Å². The Morgan fingerprint density at radius 1 is 1.36 bits per heavy atom. The van der Waals surface area contributed by atoms with Crippen molar-refractivity contribution in [1.82, 2.24) is 4.90 Å². The van der Waals surface area contributed by atoms with Crippen molar-refractivity contribution in [3.63, 3.8) is 0 Å². The largest absolute Gasteiger partial charge is 0.508 e. The lowest BCUT2D eigenvalue weighted by atomic mass is 9.53. The Bertz CT molecular complexity index is 980. The number of hydrogen-bond acceptors (Lipinski definition) is 7. The summed E-state index contributed by atoms with van der Waals surface area (Å²) in [5, 5.41) is 10.5. The van der Waals surface area contributed by atoms with Crippen LogP contribution >= 0.6 is 0 Å². The van der Waals surface area contributed by atoms with Crippen LogP contribution in [0.25, 0.3) is 0 Å². The Hall–Kier alpha value is -2.14. The maximum atomic E-state index is 12.6. The third-order valence-corrected chi connectivity index (χ3v) is 6.31. The number of phenolic OH excluding ortho intramolecular Hbond substituents is 1. The van der Waals surface area contributed by atoms with Gasteiger partial charge in [-0.05, 0) is 32.5 Å². The van der Waals surface area contributed by atoms with Gasteiger partial charge in [0.15, 0.2) is 23.4 Å². The van der Waals surface area contributed by atoms with Gasteiger partial charge in [0, 0.05) is 29.2 Å². The average Bonchev–Trinajstić information content (AvgIpc) is 2.94. The van der Waals surface area contributed by atoms with Crippen LogP contribution in [0.2, 0.25) is 0 Å². The molecule has 1 aromatic carbocycles. The summed E-state index contributed by atoms with van der Waals surface area (Å²) in [5.41, 5.74) is 1.60. The van der Waals surface area contributed by atoms with E-state index in [1.807, 2.05) is 0 Å². The summed E-state index contributed by atoms with van der Waals surface area (Å²) in [6.45, 7) is 0.930. The lowest BCUT2D eigenvalue weighted by Gasteiger charge is -2.55. The van der Waals surface area contributed by atoms with Crippen molar-refractivity contribution < 1.29 is 36.9 Å². The van der Waals surface area contributed by atoms with Crippen LogP contribution in [0.1, 0.15) is 17.5 Å². The number of piperidine rings is 1. The summed E-state index contributed by atoms with van der Waals surface area (Å²) in [4.78, 5) is 14.9. The number of carbonyl (C=O) groups excluding carboxylic acids is 1. The highest BCUT2D eigenvalue weighted by Gasteiger charge is 2.65. The molecule has 28 heavy (non-hydrogen) atoms. The molecule has 4 aliphatic rings. The lowest BCUT2D eigenvalue weighted by Crippen LogP contribution is -2.64. The van der Waals surface area contributed by atoms with Gasteiger partial charge in [0.25, 0.3) is 0 Å². The number of nitrogens with zero attached hydrogens (tertiary/aromatic N) is 1. The number of ketones is 1. The van der Waals surface area contributed by atoms with Gasteiger partial charge in [0.05, 0.1) is 12.5 Å². The maximum Gasteiger partial charge on any atom is 0.394 e. The van der Waals surface area contributed by atoms with Gasteiger partial charge >= 0.3 is 10.4 Å². The molecule has 0 aromatic heterocycles. The fourth-order valence-electron chi connectivity index (χ4n) is 5.29. The van der Waals surface area contributed by atoms with Crippen molar-refractivity contribution >= 4 is 16.2 Å². The van der Waals surface area contributed by atoms with Crippen LogP contribution < -0.4 is 9.47 Å². The normalized spacial score (nSPS) is 32.1. The van der Waals surface area contributed by atoms with E-state index >= 15 is 0 Å². The average molecular weight is 411 g/mol. The standard InChI is InChI=1S/C18H19NO4.H2O4S/c1-19-6-5-18-10-3-4-12(20)17(18)23-16-14(22-2)8-13(21)9(15(16)18)7-11(10)19;1-5(2,3)4/h3-4,8,10-11,17,21H,5-7H2,1-2H3;(H2,1,2,3,4)/t10-,11+,17-,18-;/m0./s1. The number of aromatic hydroxyl groups is 1. The molecule has 0 saturated carbocycles. The molecule has 1 aromatic rings. The van der Waals surface area contributed by atoms with E-state index in [9.17, 15) is 9.90 Å². The zero-order valence-corrected chi connectivity index (χ0v) is 16.1. The number of methoxy groups -OCH3 is 1. The van der Waals surface area contributed by atoms with Crippen molar-refractivity contribution in [3.8, 4) is 17.2 Å². The first kappa shape index (κ1) is 19.2. The molecule has 4 atom stereocenters. The Labute approximate surface area is 162 Å². The SMILES string of the molecule is COc1cc(O)c2c3c1O[C@H]1C(=O)C=C[C@H]4[C@@H](C2)N(C)CC[C@]314.O=S(=O)(O)O. The number of phenols is 1. The molecule has 3 N–H and O–H groups in total. The second-order valence-corrected chi connectivity index (χ2v) is 8.45. The van der Waals surface area contributed by atoms with Gasteiger partial charge in [0.2, 0.25) is 0 Å².